The summed E-state index contributed by atoms with van der Waals surface area (Å²) in [5.74, 6) is 0.392. The summed E-state index contributed by atoms with van der Waals surface area (Å²) in [6.45, 7) is 3.96. The molecule has 2 aromatic carbocycles. The molecule has 0 saturated carbocycles. The number of ether oxygens (including phenoxy) is 1. The standard InChI is InChI=1S/C20H16N2O4S3/c1-20(2)17-16(19(27)29-28-17)14-9-8-13(26-3)10-15(14)21(20)18(23)11-4-6-12(7-5-11)22(24)25/h4-10H,1-3H3. The highest BCUT2D eigenvalue weighted by molar-refractivity contribution is 7.80. The van der Waals surface area contributed by atoms with E-state index in [4.69, 9.17) is 17.0 Å². The van der Waals surface area contributed by atoms with Gasteiger partial charge in [-0.2, -0.15) is 0 Å². The number of hydrogen-bond acceptors (Lipinski definition) is 7. The molecule has 0 bridgehead atoms. The van der Waals surface area contributed by atoms with E-state index in [0.29, 0.717) is 17.0 Å². The van der Waals surface area contributed by atoms with Crippen molar-refractivity contribution in [1.82, 2.24) is 0 Å². The fourth-order valence-electron chi connectivity index (χ4n) is 3.55. The largest absolute Gasteiger partial charge is 0.497 e. The maximum Gasteiger partial charge on any atom is 0.269 e. The van der Waals surface area contributed by atoms with Gasteiger partial charge in [-0.25, -0.2) is 0 Å². The van der Waals surface area contributed by atoms with Gasteiger partial charge in [0.25, 0.3) is 11.6 Å². The number of nitrogens with zero attached hydrogens (tertiary/aromatic N) is 2. The highest BCUT2D eigenvalue weighted by Crippen LogP contribution is 2.53. The summed E-state index contributed by atoms with van der Waals surface area (Å²) >= 11 is 5.58. The highest BCUT2D eigenvalue weighted by Gasteiger charge is 2.43. The van der Waals surface area contributed by atoms with Gasteiger partial charge in [-0.15, -0.1) is 0 Å². The van der Waals surface area contributed by atoms with Gasteiger partial charge in [0, 0.05) is 34.9 Å². The minimum absolute atomic E-state index is 0.0559. The second-order valence-corrected chi connectivity index (χ2v) is 9.86. The molecule has 148 valence electrons. The molecule has 0 spiro atoms. The van der Waals surface area contributed by atoms with Gasteiger partial charge in [-0.05, 0) is 38.1 Å². The number of methoxy groups -OCH3 is 1. The minimum atomic E-state index is -0.647. The molecule has 1 aromatic heterocycles. The van der Waals surface area contributed by atoms with Gasteiger partial charge in [0.05, 0.1) is 28.1 Å². The molecular formula is C20H16N2O4S3. The van der Waals surface area contributed by atoms with E-state index < -0.39 is 10.5 Å². The van der Waals surface area contributed by atoms with E-state index in [2.05, 4.69) is 0 Å². The van der Waals surface area contributed by atoms with Gasteiger partial charge >= 0.3 is 0 Å². The van der Waals surface area contributed by atoms with E-state index in [1.54, 1.807) is 22.4 Å². The van der Waals surface area contributed by atoms with Crippen molar-refractivity contribution >= 4 is 50.2 Å². The molecule has 0 N–H and O–H groups in total. The molecule has 0 aliphatic carbocycles. The Hall–Kier alpha value is -2.62. The molecule has 9 heteroatoms. The van der Waals surface area contributed by atoms with Crippen LogP contribution in [0.15, 0.2) is 42.5 Å². The Morgan fingerprint density at radius 1 is 1.17 bits per heavy atom. The summed E-state index contributed by atoms with van der Waals surface area (Å²) in [6.07, 6.45) is 0. The maximum absolute atomic E-state index is 13.6. The minimum Gasteiger partial charge on any atom is -0.497 e. The van der Waals surface area contributed by atoms with Crippen LogP contribution in [-0.4, -0.2) is 17.9 Å². The monoisotopic (exact) mass is 444 g/mol. The summed E-state index contributed by atoms with van der Waals surface area (Å²) in [5, 5.41) is 10.9. The van der Waals surface area contributed by atoms with Crippen LogP contribution in [-0.2, 0) is 5.54 Å². The number of carbonyl (C=O) groups is 1. The molecule has 0 saturated heterocycles. The third-order valence-corrected chi connectivity index (χ3v) is 8.32. The zero-order valence-corrected chi connectivity index (χ0v) is 18.2. The lowest BCUT2D eigenvalue weighted by atomic mass is 9.86. The molecule has 1 aliphatic heterocycles. The molecule has 0 unspecified atom stereocenters. The average molecular weight is 445 g/mol. The Bertz CT molecular complexity index is 1200. The molecule has 29 heavy (non-hydrogen) atoms. The second-order valence-electron chi connectivity index (χ2n) is 7.04. The van der Waals surface area contributed by atoms with E-state index >= 15 is 0 Å². The smallest absolute Gasteiger partial charge is 0.269 e. The predicted octanol–water partition coefficient (Wildman–Crippen LogP) is 6.02. The van der Waals surface area contributed by atoms with Crippen molar-refractivity contribution < 1.29 is 14.5 Å². The number of rotatable bonds is 3. The van der Waals surface area contributed by atoms with E-state index in [0.717, 1.165) is 19.8 Å². The number of anilines is 1. The number of fused-ring (bicyclic) bond motifs is 3. The normalized spacial score (nSPS) is 14.1. The fraction of sp³-hybridized carbons (Fsp3) is 0.200. The molecule has 0 radical (unpaired) electrons. The first-order valence-electron chi connectivity index (χ1n) is 8.66. The Kier molecular flexibility index (Phi) is 4.76. The Morgan fingerprint density at radius 2 is 1.86 bits per heavy atom. The number of nitro benzene ring substituents is 1. The van der Waals surface area contributed by atoms with Crippen molar-refractivity contribution in [3.8, 4) is 16.9 Å². The molecule has 1 amide bonds. The second kappa shape index (κ2) is 7.01. The van der Waals surface area contributed by atoms with Crippen LogP contribution in [0.2, 0.25) is 0 Å². The van der Waals surface area contributed by atoms with Crippen LogP contribution < -0.4 is 9.64 Å². The zero-order chi connectivity index (χ0) is 20.9. The number of amides is 1. The van der Waals surface area contributed by atoms with E-state index in [-0.39, 0.29) is 11.6 Å². The highest BCUT2D eigenvalue weighted by atomic mass is 32.9. The summed E-state index contributed by atoms with van der Waals surface area (Å²) in [7, 11) is 4.68. The molecule has 2 heterocycles. The fourth-order valence-corrected chi connectivity index (χ4v) is 6.83. The van der Waals surface area contributed by atoms with Gasteiger partial charge in [-0.3, -0.25) is 19.8 Å². The molecule has 3 aromatic rings. The summed E-state index contributed by atoms with van der Waals surface area (Å²) in [6, 6.07) is 11.3. The lowest BCUT2D eigenvalue weighted by Crippen LogP contribution is -2.47. The molecule has 0 fully saturated rings. The number of nitro groups is 1. The maximum atomic E-state index is 13.6. The SMILES string of the molecule is COc1ccc2c(c1)N(C(=O)c1ccc([N+](=O)[O-])cc1)C(C)(C)c1ssc(=S)c1-2. The molecule has 4 rings (SSSR count). The van der Waals surface area contributed by atoms with Gasteiger partial charge in [-0.1, -0.05) is 32.9 Å². The van der Waals surface area contributed by atoms with Crippen molar-refractivity contribution in [3.63, 3.8) is 0 Å². The average Bonchev–Trinajstić information content (AvgIpc) is 3.10. The number of benzene rings is 2. The Balaban J connectivity index is 1.92. The van der Waals surface area contributed by atoms with Crippen LogP contribution >= 0.6 is 32.9 Å². The van der Waals surface area contributed by atoms with Crippen LogP contribution in [0.3, 0.4) is 0 Å². The first-order chi connectivity index (χ1) is 13.8. The van der Waals surface area contributed by atoms with E-state index in [1.807, 2.05) is 32.0 Å². The predicted molar refractivity (Wildman–Crippen MR) is 118 cm³/mol. The Labute approximate surface area is 179 Å². The number of non-ortho nitro benzene ring substituents is 1. The van der Waals surface area contributed by atoms with Crippen LogP contribution in [0.1, 0.15) is 29.1 Å². The van der Waals surface area contributed by atoms with Crippen molar-refractivity contribution in [1.29, 1.82) is 0 Å². The quantitative estimate of drug-likeness (QED) is 0.214. The van der Waals surface area contributed by atoms with Gasteiger partial charge < -0.3 is 4.74 Å². The third-order valence-electron chi connectivity index (χ3n) is 4.99. The van der Waals surface area contributed by atoms with Crippen LogP contribution in [0.4, 0.5) is 11.4 Å². The molecule has 0 atom stereocenters. The van der Waals surface area contributed by atoms with E-state index in [9.17, 15) is 14.9 Å². The zero-order valence-electron chi connectivity index (χ0n) is 15.8. The van der Waals surface area contributed by atoms with Crippen LogP contribution in [0.5, 0.6) is 5.75 Å². The first-order valence-corrected chi connectivity index (χ1v) is 11.2. The van der Waals surface area contributed by atoms with Gasteiger partial charge in [0.15, 0.2) is 0 Å². The molecule has 6 nitrogen and oxygen atoms in total. The van der Waals surface area contributed by atoms with Gasteiger partial charge in [0.1, 0.15) is 9.57 Å². The van der Waals surface area contributed by atoms with Crippen molar-refractivity contribution in [3.05, 3.63) is 66.8 Å². The summed E-state index contributed by atoms with van der Waals surface area (Å²) < 4.78 is 6.19. The molecule has 1 aliphatic rings. The number of hydrogen-bond donors (Lipinski definition) is 0. The first kappa shape index (κ1) is 19.7. The summed E-state index contributed by atoms with van der Waals surface area (Å²) in [5.41, 5.74) is 2.26. The van der Waals surface area contributed by atoms with E-state index in [1.165, 1.54) is 34.6 Å². The number of carbonyl (C=O) groups excluding carboxylic acids is 1. The third kappa shape index (κ3) is 3.06. The Morgan fingerprint density at radius 3 is 2.48 bits per heavy atom. The lowest BCUT2D eigenvalue weighted by molar-refractivity contribution is -0.384. The van der Waals surface area contributed by atoms with Crippen molar-refractivity contribution in [2.24, 2.45) is 0 Å². The van der Waals surface area contributed by atoms with Gasteiger partial charge in [0.2, 0.25) is 0 Å². The summed E-state index contributed by atoms with van der Waals surface area (Å²) in [4.78, 5) is 26.8. The topological polar surface area (TPSA) is 72.7 Å². The van der Waals surface area contributed by atoms with Crippen molar-refractivity contribution in [2.75, 3.05) is 12.0 Å². The van der Waals surface area contributed by atoms with Crippen molar-refractivity contribution in [2.45, 2.75) is 19.4 Å². The van der Waals surface area contributed by atoms with Crippen LogP contribution in [0.25, 0.3) is 11.1 Å². The van der Waals surface area contributed by atoms with Crippen LogP contribution in [0, 0.1) is 13.9 Å². The lowest BCUT2D eigenvalue weighted by Gasteiger charge is -2.43. The molecular weight excluding hydrogens is 428 g/mol.